The summed E-state index contributed by atoms with van der Waals surface area (Å²) in [5.41, 5.74) is 1.44. The van der Waals surface area contributed by atoms with Crippen LogP contribution >= 0.6 is 24.8 Å². The maximum Gasteiger partial charge on any atom is 0.0240 e. The number of halogens is 2. The molecular weight excluding hydrogens is 243 g/mol. The van der Waals surface area contributed by atoms with E-state index < -0.39 is 0 Å². The van der Waals surface area contributed by atoms with Crippen LogP contribution in [0, 0.1) is 0 Å². The summed E-state index contributed by atoms with van der Waals surface area (Å²) >= 11 is 0. The molecule has 0 unspecified atom stereocenters. The second-order valence-electron chi connectivity index (χ2n) is 4.41. The summed E-state index contributed by atoms with van der Waals surface area (Å²) < 4.78 is 0. The highest BCUT2D eigenvalue weighted by Crippen LogP contribution is 2.24. The van der Waals surface area contributed by atoms with Gasteiger partial charge in [0.05, 0.1) is 0 Å². The molecule has 2 aliphatic rings. The quantitative estimate of drug-likeness (QED) is 0.876. The first-order chi connectivity index (χ1) is 6.92. The lowest BCUT2D eigenvalue weighted by atomic mass is 10.2. The van der Waals surface area contributed by atoms with Crippen LogP contribution in [0.25, 0.3) is 0 Å². The molecular formula is C12H18Cl2N2. The van der Waals surface area contributed by atoms with Crippen LogP contribution < -0.4 is 5.32 Å². The molecule has 1 aromatic rings. The summed E-state index contributed by atoms with van der Waals surface area (Å²) in [7, 11) is 0. The average molecular weight is 261 g/mol. The van der Waals surface area contributed by atoms with Crippen molar-refractivity contribution >= 4 is 24.8 Å². The van der Waals surface area contributed by atoms with Crippen LogP contribution in [0.1, 0.15) is 12.0 Å². The molecule has 2 fully saturated rings. The zero-order valence-electron chi connectivity index (χ0n) is 9.13. The summed E-state index contributed by atoms with van der Waals surface area (Å²) in [5.74, 6) is 0. The fourth-order valence-electron chi connectivity index (χ4n) is 2.66. The van der Waals surface area contributed by atoms with Crippen LogP contribution in [0.4, 0.5) is 0 Å². The van der Waals surface area contributed by atoms with Gasteiger partial charge in [-0.3, -0.25) is 4.90 Å². The normalized spacial score (nSPS) is 27.2. The van der Waals surface area contributed by atoms with Gasteiger partial charge in [0.2, 0.25) is 0 Å². The number of hydrogen-bond acceptors (Lipinski definition) is 2. The molecule has 0 aliphatic carbocycles. The van der Waals surface area contributed by atoms with Gasteiger partial charge in [-0.05, 0) is 12.0 Å². The highest BCUT2D eigenvalue weighted by molar-refractivity contribution is 5.85. The molecule has 16 heavy (non-hydrogen) atoms. The predicted octanol–water partition coefficient (Wildman–Crippen LogP) is 2.08. The largest absolute Gasteiger partial charge is 0.311 e. The van der Waals surface area contributed by atoms with Gasteiger partial charge in [-0.25, -0.2) is 0 Å². The van der Waals surface area contributed by atoms with Crippen molar-refractivity contribution in [1.29, 1.82) is 0 Å². The number of likely N-dealkylation sites (tertiary alicyclic amines) is 1. The number of nitrogens with zero attached hydrogens (tertiary/aromatic N) is 1. The lowest BCUT2D eigenvalue weighted by Gasteiger charge is -2.27. The second kappa shape index (κ2) is 5.87. The van der Waals surface area contributed by atoms with Crippen LogP contribution in [0.2, 0.25) is 0 Å². The lowest BCUT2D eigenvalue weighted by molar-refractivity contribution is 0.218. The third-order valence-electron chi connectivity index (χ3n) is 3.40. The van der Waals surface area contributed by atoms with Crippen molar-refractivity contribution in [3.05, 3.63) is 35.9 Å². The first-order valence-corrected chi connectivity index (χ1v) is 5.43. The van der Waals surface area contributed by atoms with Crippen molar-refractivity contribution in [1.82, 2.24) is 10.2 Å². The van der Waals surface area contributed by atoms with E-state index in [-0.39, 0.29) is 24.8 Å². The Morgan fingerprint density at radius 3 is 2.50 bits per heavy atom. The van der Waals surface area contributed by atoms with Gasteiger partial charge in [-0.2, -0.15) is 0 Å². The van der Waals surface area contributed by atoms with Crippen molar-refractivity contribution in [2.45, 2.75) is 25.0 Å². The van der Waals surface area contributed by atoms with E-state index in [0.29, 0.717) is 0 Å². The zero-order valence-corrected chi connectivity index (χ0v) is 10.8. The van der Waals surface area contributed by atoms with Gasteiger partial charge in [-0.15, -0.1) is 24.8 Å². The summed E-state index contributed by atoms with van der Waals surface area (Å²) in [5, 5.41) is 3.53. The van der Waals surface area contributed by atoms with Gasteiger partial charge >= 0.3 is 0 Å². The van der Waals surface area contributed by atoms with E-state index >= 15 is 0 Å². The molecule has 2 aliphatic heterocycles. The van der Waals surface area contributed by atoms with Crippen molar-refractivity contribution in [2.75, 3.05) is 13.1 Å². The Kier molecular flexibility index (Phi) is 5.06. The van der Waals surface area contributed by atoms with Gasteiger partial charge in [-0.1, -0.05) is 30.3 Å². The molecule has 2 saturated heterocycles. The highest BCUT2D eigenvalue weighted by Gasteiger charge is 2.36. The maximum atomic E-state index is 3.53. The third-order valence-corrected chi connectivity index (χ3v) is 3.40. The average Bonchev–Trinajstić information content (AvgIpc) is 2.81. The summed E-state index contributed by atoms with van der Waals surface area (Å²) in [6, 6.07) is 12.3. The minimum atomic E-state index is 0. The number of rotatable bonds is 2. The van der Waals surface area contributed by atoms with Gasteiger partial charge in [0.25, 0.3) is 0 Å². The molecule has 2 heterocycles. The fraction of sp³-hybridized carbons (Fsp3) is 0.500. The molecule has 1 aromatic carbocycles. The van der Waals surface area contributed by atoms with Crippen LogP contribution in [0.15, 0.2) is 30.3 Å². The van der Waals surface area contributed by atoms with E-state index in [9.17, 15) is 0 Å². The molecule has 0 spiro atoms. The van der Waals surface area contributed by atoms with Crippen LogP contribution in [0.3, 0.4) is 0 Å². The van der Waals surface area contributed by atoms with E-state index in [1.807, 2.05) is 0 Å². The van der Waals surface area contributed by atoms with Crippen LogP contribution in [0.5, 0.6) is 0 Å². The Labute approximate surface area is 109 Å². The van der Waals surface area contributed by atoms with E-state index in [0.717, 1.165) is 18.6 Å². The SMILES string of the molecule is Cl.Cl.c1ccc(CN2C[C@@H]3C[C@H]2CN3)cc1. The van der Waals surface area contributed by atoms with E-state index in [1.165, 1.54) is 25.1 Å². The Morgan fingerprint density at radius 1 is 1.19 bits per heavy atom. The zero-order chi connectivity index (χ0) is 9.38. The third kappa shape index (κ3) is 2.69. The second-order valence-corrected chi connectivity index (χ2v) is 4.41. The topological polar surface area (TPSA) is 15.3 Å². The lowest BCUT2D eigenvalue weighted by Crippen LogP contribution is -2.42. The molecule has 2 atom stereocenters. The van der Waals surface area contributed by atoms with E-state index in [2.05, 4.69) is 40.5 Å². The van der Waals surface area contributed by atoms with Crippen molar-refractivity contribution in [2.24, 2.45) is 0 Å². The van der Waals surface area contributed by atoms with Crippen molar-refractivity contribution < 1.29 is 0 Å². The van der Waals surface area contributed by atoms with Crippen LogP contribution in [-0.2, 0) is 6.54 Å². The number of fused-ring (bicyclic) bond motifs is 2. The standard InChI is InChI=1S/C12H16N2.2ClH/c1-2-4-10(5-3-1)8-14-9-11-6-12(14)7-13-11;;/h1-5,11-13H,6-9H2;2*1H/t11-,12-;;/m0../s1. The first kappa shape index (κ1) is 13.8. The number of nitrogens with one attached hydrogen (secondary N) is 1. The molecule has 4 heteroatoms. The Bertz CT molecular complexity index is 318. The number of piperazine rings is 1. The number of benzene rings is 1. The Hall–Kier alpha value is -0.280. The molecule has 0 aromatic heterocycles. The molecule has 3 rings (SSSR count). The van der Waals surface area contributed by atoms with E-state index in [1.54, 1.807) is 0 Å². The molecule has 2 bridgehead atoms. The minimum absolute atomic E-state index is 0. The summed E-state index contributed by atoms with van der Waals surface area (Å²) in [6.45, 7) is 3.56. The maximum absolute atomic E-state index is 3.53. The van der Waals surface area contributed by atoms with Crippen molar-refractivity contribution in [3.8, 4) is 0 Å². The molecule has 0 radical (unpaired) electrons. The summed E-state index contributed by atoms with van der Waals surface area (Å²) in [4.78, 5) is 2.61. The van der Waals surface area contributed by atoms with Gasteiger partial charge in [0.1, 0.15) is 0 Å². The van der Waals surface area contributed by atoms with Crippen molar-refractivity contribution in [3.63, 3.8) is 0 Å². The van der Waals surface area contributed by atoms with E-state index in [4.69, 9.17) is 0 Å². The highest BCUT2D eigenvalue weighted by atomic mass is 35.5. The first-order valence-electron chi connectivity index (χ1n) is 5.43. The summed E-state index contributed by atoms with van der Waals surface area (Å²) in [6.07, 6.45) is 1.35. The monoisotopic (exact) mass is 260 g/mol. The van der Waals surface area contributed by atoms with Gasteiger partial charge in [0, 0.05) is 31.7 Å². The Morgan fingerprint density at radius 2 is 1.94 bits per heavy atom. The molecule has 1 N–H and O–H groups in total. The molecule has 90 valence electrons. The molecule has 0 saturated carbocycles. The molecule has 0 amide bonds. The molecule has 2 nitrogen and oxygen atoms in total. The number of hydrogen-bond donors (Lipinski definition) is 1. The smallest absolute Gasteiger partial charge is 0.0240 e. The fourth-order valence-corrected chi connectivity index (χ4v) is 2.66. The minimum Gasteiger partial charge on any atom is -0.311 e. The Balaban J connectivity index is 0.000000640. The van der Waals surface area contributed by atoms with Gasteiger partial charge in [0.15, 0.2) is 0 Å². The van der Waals surface area contributed by atoms with Gasteiger partial charge < -0.3 is 5.32 Å². The predicted molar refractivity (Wildman–Crippen MR) is 71.5 cm³/mol. The van der Waals surface area contributed by atoms with Crippen LogP contribution in [-0.4, -0.2) is 30.1 Å².